The smallest absolute Gasteiger partial charge is 0.331 e. The molecule has 0 fully saturated rings. The number of benzene rings is 2. The predicted molar refractivity (Wildman–Crippen MR) is 106 cm³/mol. The van der Waals surface area contributed by atoms with Gasteiger partial charge in [0, 0.05) is 10.0 Å². The zero-order valence-corrected chi connectivity index (χ0v) is 17.4. The summed E-state index contributed by atoms with van der Waals surface area (Å²) >= 11 is 3.10. The molecule has 1 atom stereocenters. The Balaban J connectivity index is 1.61. The molecule has 2 aromatic rings. The lowest BCUT2D eigenvalue weighted by Crippen LogP contribution is -2.29. The van der Waals surface area contributed by atoms with Crippen LogP contribution < -0.4 is 10.0 Å². The molecular formula is C18H15BrFN3O5S. The average Bonchev–Trinajstić information content (AvgIpc) is 2.92. The Kier molecular flexibility index (Phi) is 5.99. The van der Waals surface area contributed by atoms with Crippen molar-refractivity contribution in [3.63, 3.8) is 0 Å². The standard InChI is InChI=1S/C18H15BrFN3O5S/c1-10(21-17-12-4-2-3-5-15(12)29(26,27)23-17)18(25)28-9-16(24)22-14-7-6-11(19)8-13(14)20/h2-8,10H,9H2,1H3,(H,21,23)(H,22,24)/t10-/m1/s1. The number of halogens is 2. The Morgan fingerprint density at radius 2 is 2.00 bits per heavy atom. The molecule has 0 aliphatic carbocycles. The molecule has 152 valence electrons. The Morgan fingerprint density at radius 3 is 2.72 bits per heavy atom. The number of sulfonamides is 1. The van der Waals surface area contributed by atoms with Gasteiger partial charge in [0.25, 0.3) is 15.9 Å². The lowest BCUT2D eigenvalue weighted by Gasteiger charge is -2.10. The molecule has 8 nitrogen and oxygen atoms in total. The number of carbonyl (C=O) groups excluding carboxylic acids is 2. The normalized spacial score (nSPS) is 16.6. The van der Waals surface area contributed by atoms with Gasteiger partial charge in [0.1, 0.15) is 17.7 Å². The van der Waals surface area contributed by atoms with E-state index >= 15 is 0 Å². The van der Waals surface area contributed by atoms with Gasteiger partial charge in [-0.25, -0.2) is 17.6 Å². The van der Waals surface area contributed by atoms with E-state index in [0.717, 1.165) is 0 Å². The molecule has 0 spiro atoms. The van der Waals surface area contributed by atoms with Crippen molar-refractivity contribution in [2.24, 2.45) is 4.99 Å². The SMILES string of the molecule is C[C@@H](N=C1NS(=O)(=O)c2ccccc21)C(=O)OCC(=O)Nc1ccc(Br)cc1F. The van der Waals surface area contributed by atoms with Crippen LogP contribution in [0.1, 0.15) is 12.5 Å². The average molecular weight is 484 g/mol. The van der Waals surface area contributed by atoms with Crippen molar-refractivity contribution < 1.29 is 27.1 Å². The second-order valence-electron chi connectivity index (χ2n) is 6.04. The maximum absolute atomic E-state index is 13.7. The van der Waals surface area contributed by atoms with Crippen molar-refractivity contribution >= 4 is 49.4 Å². The number of amides is 1. The molecule has 1 heterocycles. The van der Waals surface area contributed by atoms with Crippen molar-refractivity contribution in [2.45, 2.75) is 17.9 Å². The van der Waals surface area contributed by atoms with E-state index in [-0.39, 0.29) is 16.4 Å². The third kappa shape index (κ3) is 4.80. The van der Waals surface area contributed by atoms with Gasteiger partial charge in [-0.2, -0.15) is 0 Å². The summed E-state index contributed by atoms with van der Waals surface area (Å²) in [5, 5.41) is 2.29. The number of aliphatic imine (C=N–C) groups is 1. The number of hydrogen-bond donors (Lipinski definition) is 2. The van der Waals surface area contributed by atoms with E-state index in [9.17, 15) is 22.4 Å². The highest BCUT2D eigenvalue weighted by Gasteiger charge is 2.31. The minimum atomic E-state index is -3.73. The van der Waals surface area contributed by atoms with Crippen LogP contribution in [0.3, 0.4) is 0 Å². The fourth-order valence-corrected chi connectivity index (χ4v) is 4.08. The van der Waals surface area contributed by atoms with Gasteiger partial charge >= 0.3 is 5.97 Å². The van der Waals surface area contributed by atoms with Crippen molar-refractivity contribution in [1.29, 1.82) is 0 Å². The van der Waals surface area contributed by atoms with Gasteiger partial charge in [-0.3, -0.25) is 14.5 Å². The number of amidine groups is 1. The lowest BCUT2D eigenvalue weighted by atomic mass is 10.2. The topological polar surface area (TPSA) is 114 Å². The van der Waals surface area contributed by atoms with E-state index in [0.29, 0.717) is 10.0 Å². The van der Waals surface area contributed by atoms with Crippen LogP contribution in [-0.2, 0) is 24.3 Å². The Morgan fingerprint density at radius 1 is 1.28 bits per heavy atom. The van der Waals surface area contributed by atoms with Crippen LogP contribution in [0.5, 0.6) is 0 Å². The Bertz CT molecular complexity index is 1120. The summed E-state index contributed by atoms with van der Waals surface area (Å²) in [7, 11) is -3.73. The molecule has 1 amide bonds. The first kappa shape index (κ1) is 20.9. The first-order valence-corrected chi connectivity index (χ1v) is 10.6. The number of rotatable bonds is 5. The summed E-state index contributed by atoms with van der Waals surface area (Å²) in [6.07, 6.45) is 0. The number of hydrogen-bond acceptors (Lipinski definition) is 6. The maximum atomic E-state index is 13.7. The van der Waals surface area contributed by atoms with E-state index in [2.05, 4.69) is 31.0 Å². The highest BCUT2D eigenvalue weighted by Crippen LogP contribution is 2.23. The van der Waals surface area contributed by atoms with E-state index in [1.54, 1.807) is 24.3 Å². The fraction of sp³-hybridized carbons (Fsp3) is 0.167. The van der Waals surface area contributed by atoms with E-state index < -0.39 is 40.4 Å². The summed E-state index contributed by atoms with van der Waals surface area (Å²) in [5.41, 5.74) is 0.287. The number of esters is 1. The number of fused-ring (bicyclic) bond motifs is 1. The second kappa shape index (κ2) is 8.29. The third-order valence-electron chi connectivity index (χ3n) is 3.88. The van der Waals surface area contributed by atoms with Crippen LogP contribution in [0.25, 0.3) is 0 Å². The number of ether oxygens (including phenoxy) is 1. The molecule has 0 aromatic heterocycles. The van der Waals surface area contributed by atoms with Crippen molar-refractivity contribution in [3.8, 4) is 0 Å². The van der Waals surface area contributed by atoms with Gasteiger partial charge < -0.3 is 10.1 Å². The summed E-state index contributed by atoms with van der Waals surface area (Å²) < 4.78 is 45.5. The summed E-state index contributed by atoms with van der Waals surface area (Å²) in [6, 6.07) is 9.22. The van der Waals surface area contributed by atoms with Crippen LogP contribution in [0.2, 0.25) is 0 Å². The molecule has 0 unspecified atom stereocenters. The molecule has 2 aromatic carbocycles. The molecule has 2 N–H and O–H groups in total. The van der Waals surface area contributed by atoms with Crippen molar-refractivity contribution in [2.75, 3.05) is 11.9 Å². The van der Waals surface area contributed by atoms with Gasteiger partial charge in [0.05, 0.1) is 10.6 Å². The zero-order chi connectivity index (χ0) is 21.2. The molecule has 1 aliphatic rings. The summed E-state index contributed by atoms with van der Waals surface area (Å²) in [6.45, 7) is 0.753. The molecule has 11 heteroatoms. The van der Waals surface area contributed by atoms with Gasteiger partial charge in [-0.05, 0) is 37.3 Å². The molecule has 29 heavy (non-hydrogen) atoms. The first-order chi connectivity index (χ1) is 13.7. The summed E-state index contributed by atoms with van der Waals surface area (Å²) in [5.74, 6) is -2.20. The molecule has 0 bridgehead atoms. The van der Waals surface area contributed by atoms with Crippen LogP contribution in [-0.4, -0.2) is 38.8 Å². The molecule has 0 saturated heterocycles. The quantitative estimate of drug-likeness (QED) is 0.632. The fourth-order valence-electron chi connectivity index (χ4n) is 2.51. The van der Waals surface area contributed by atoms with Gasteiger partial charge in [-0.15, -0.1) is 0 Å². The minimum Gasteiger partial charge on any atom is -0.454 e. The van der Waals surface area contributed by atoms with Gasteiger partial charge in [0.2, 0.25) is 0 Å². The molecule has 3 rings (SSSR count). The maximum Gasteiger partial charge on any atom is 0.331 e. The number of carbonyl (C=O) groups is 2. The molecule has 1 aliphatic heterocycles. The largest absolute Gasteiger partial charge is 0.454 e. The molecular weight excluding hydrogens is 469 g/mol. The molecule has 0 radical (unpaired) electrons. The van der Waals surface area contributed by atoms with E-state index in [1.807, 2.05) is 0 Å². The number of anilines is 1. The second-order valence-corrected chi connectivity index (χ2v) is 8.60. The Hall–Kier alpha value is -2.79. The van der Waals surface area contributed by atoms with Crippen LogP contribution in [0.15, 0.2) is 56.8 Å². The highest BCUT2D eigenvalue weighted by atomic mass is 79.9. The number of nitrogens with zero attached hydrogens (tertiary/aromatic N) is 1. The van der Waals surface area contributed by atoms with Crippen molar-refractivity contribution in [1.82, 2.24) is 4.72 Å². The predicted octanol–water partition coefficient (Wildman–Crippen LogP) is 2.20. The third-order valence-corrected chi connectivity index (χ3v) is 5.77. The lowest BCUT2D eigenvalue weighted by molar-refractivity contribution is -0.148. The van der Waals surface area contributed by atoms with Gasteiger partial charge in [0.15, 0.2) is 6.61 Å². The Labute approximate surface area is 174 Å². The highest BCUT2D eigenvalue weighted by molar-refractivity contribution is 9.10. The monoisotopic (exact) mass is 483 g/mol. The van der Waals surface area contributed by atoms with Crippen LogP contribution in [0, 0.1) is 5.82 Å². The van der Waals surface area contributed by atoms with Crippen molar-refractivity contribution in [3.05, 3.63) is 58.3 Å². The molecule has 0 saturated carbocycles. The van der Waals surface area contributed by atoms with Crippen LogP contribution in [0.4, 0.5) is 10.1 Å². The van der Waals surface area contributed by atoms with E-state index in [1.165, 1.54) is 25.1 Å². The van der Waals surface area contributed by atoms with E-state index in [4.69, 9.17) is 4.74 Å². The van der Waals surface area contributed by atoms with Crippen LogP contribution >= 0.6 is 15.9 Å². The number of nitrogens with one attached hydrogen (secondary N) is 2. The first-order valence-electron chi connectivity index (χ1n) is 8.29. The van der Waals surface area contributed by atoms with Gasteiger partial charge in [-0.1, -0.05) is 28.1 Å². The zero-order valence-electron chi connectivity index (χ0n) is 15.0. The minimum absolute atomic E-state index is 0.0198. The summed E-state index contributed by atoms with van der Waals surface area (Å²) in [4.78, 5) is 28.1.